The summed E-state index contributed by atoms with van der Waals surface area (Å²) in [7, 11) is 0.322. The van der Waals surface area contributed by atoms with Crippen LogP contribution in [0.2, 0.25) is 0 Å². The van der Waals surface area contributed by atoms with Crippen molar-refractivity contribution in [2.75, 3.05) is 14.2 Å². The normalized spacial score (nSPS) is 11.5. The molecular weight excluding hydrogens is 777 g/mol. The zero-order valence-corrected chi connectivity index (χ0v) is 32.9. The van der Waals surface area contributed by atoms with E-state index in [9.17, 15) is 18.6 Å². The molecule has 8 rings (SSSR count). The summed E-state index contributed by atoms with van der Waals surface area (Å²) in [6.45, 7) is 0. The minimum atomic E-state index is -1.37. The van der Waals surface area contributed by atoms with Crippen molar-refractivity contribution in [3.8, 4) is 45.8 Å². The van der Waals surface area contributed by atoms with E-state index in [2.05, 4.69) is 30.1 Å². The van der Waals surface area contributed by atoms with Gasteiger partial charge in [0.2, 0.25) is 0 Å². The number of rotatable bonds is 8. The Morgan fingerprint density at radius 1 is 0.564 bits per heavy atom. The molecule has 4 aromatic carbocycles. The van der Waals surface area contributed by atoms with Crippen LogP contribution in [-0.2, 0) is 21.6 Å². The van der Waals surface area contributed by atoms with Gasteiger partial charge in [0, 0.05) is 20.9 Å². The first-order chi connectivity index (χ1) is 25.4. The molecule has 0 aliphatic carbocycles. The second-order valence-electron chi connectivity index (χ2n) is 10.8. The average molecular weight is 807 g/mol. The third-order valence-electron chi connectivity index (χ3n) is 7.81. The Kier molecular flexibility index (Phi) is 14.5. The largest absolute Gasteiger partial charge is 2.00 e. The Morgan fingerprint density at radius 3 is 1.31 bits per heavy atom. The van der Waals surface area contributed by atoms with Gasteiger partial charge in [-0.1, -0.05) is 48.5 Å². The van der Waals surface area contributed by atoms with Gasteiger partial charge in [-0.25, -0.2) is 37.4 Å². The number of methoxy groups -OCH3 is 2. The van der Waals surface area contributed by atoms with E-state index >= 15 is 0 Å². The van der Waals surface area contributed by atoms with Gasteiger partial charge in [-0.05, 0) is 59.7 Å². The summed E-state index contributed by atoms with van der Waals surface area (Å²) >= 11 is 0. The van der Waals surface area contributed by atoms with E-state index in [0.717, 1.165) is 20.2 Å². The summed E-state index contributed by atoms with van der Waals surface area (Å²) in [6, 6.07) is 28.0. The number of benzene rings is 4. The van der Waals surface area contributed by atoms with Crippen LogP contribution in [0.4, 0.5) is 0 Å². The molecule has 55 heavy (non-hydrogen) atoms. The van der Waals surface area contributed by atoms with Crippen LogP contribution in [0.15, 0.2) is 142 Å². The molecule has 276 valence electrons. The van der Waals surface area contributed by atoms with Crippen molar-refractivity contribution in [3.63, 3.8) is 0 Å². The molecule has 16 nitrogen and oxygen atoms in total. The van der Waals surface area contributed by atoms with Gasteiger partial charge in [-0.3, -0.25) is 0 Å². The predicted molar refractivity (Wildman–Crippen MR) is 200 cm³/mol. The Hall–Kier alpha value is -5.34. The molecule has 0 aliphatic rings. The van der Waals surface area contributed by atoms with Gasteiger partial charge in [0.15, 0.2) is 11.3 Å². The van der Waals surface area contributed by atoms with Crippen LogP contribution < -0.4 is 19.7 Å². The van der Waals surface area contributed by atoms with E-state index in [-0.39, 0.29) is 48.7 Å². The van der Waals surface area contributed by atoms with Gasteiger partial charge in [0.25, 0.3) is 0 Å². The van der Waals surface area contributed by atoms with E-state index < -0.39 is 33.6 Å². The summed E-state index contributed by atoms with van der Waals surface area (Å²) in [5.74, 6) is 0.973. The van der Waals surface area contributed by atoms with E-state index in [1.807, 2.05) is 48.5 Å². The van der Waals surface area contributed by atoms with Gasteiger partial charge in [0.05, 0.1) is 70.0 Å². The first-order valence-electron chi connectivity index (χ1n) is 15.4. The number of ether oxygens (including phenoxy) is 2. The third-order valence-corrected chi connectivity index (χ3v) is 10.7. The molecule has 2 atom stereocenters. The van der Waals surface area contributed by atoms with E-state index in [0.29, 0.717) is 53.5 Å². The monoisotopic (exact) mass is 806 g/mol. The first kappa shape index (κ1) is 42.4. The van der Waals surface area contributed by atoms with Crippen LogP contribution in [0.3, 0.4) is 0 Å². The van der Waals surface area contributed by atoms with Crippen LogP contribution in [0.1, 0.15) is 0 Å². The van der Waals surface area contributed by atoms with Crippen LogP contribution in [0.5, 0.6) is 23.5 Å². The van der Waals surface area contributed by atoms with E-state index in [4.69, 9.17) is 9.47 Å². The van der Waals surface area contributed by atoms with Crippen molar-refractivity contribution in [3.05, 3.63) is 122 Å². The zero-order chi connectivity index (χ0) is 36.2. The topological polar surface area (TPSA) is 248 Å². The fourth-order valence-electron chi connectivity index (χ4n) is 5.31. The molecule has 0 saturated heterocycles. The van der Waals surface area contributed by atoms with Crippen molar-refractivity contribution in [2.45, 2.75) is 19.6 Å². The minimum absolute atomic E-state index is 0. The Balaban J connectivity index is 0.000000232. The van der Waals surface area contributed by atoms with E-state index in [1.54, 1.807) is 60.9 Å². The summed E-state index contributed by atoms with van der Waals surface area (Å²) in [4.78, 5) is 18.0. The Bertz CT molecular complexity index is 2420. The number of fused-ring (bicyclic) bond motifs is 2. The molecule has 0 spiro atoms. The fraction of sp³-hybridized carbons (Fsp3) is 0.0556. The van der Waals surface area contributed by atoms with Gasteiger partial charge < -0.3 is 30.6 Å². The van der Waals surface area contributed by atoms with Crippen molar-refractivity contribution in [1.82, 2.24) is 39.2 Å². The summed E-state index contributed by atoms with van der Waals surface area (Å²) in [5.41, 5.74) is 3.65. The molecule has 0 amide bonds. The van der Waals surface area contributed by atoms with Gasteiger partial charge >= 0.3 is 37.7 Å². The fourth-order valence-corrected chi connectivity index (χ4v) is 7.66. The smallest absolute Gasteiger partial charge is 0.844 e. The van der Waals surface area contributed by atoms with Crippen molar-refractivity contribution in [2.24, 2.45) is 0 Å². The van der Waals surface area contributed by atoms with Crippen molar-refractivity contribution >= 4 is 70.6 Å². The van der Waals surface area contributed by atoms with Crippen molar-refractivity contribution < 1.29 is 39.1 Å². The summed E-state index contributed by atoms with van der Waals surface area (Å²) in [5, 5.41) is 31.5. The van der Waals surface area contributed by atoms with Crippen LogP contribution in [0.25, 0.3) is 33.5 Å². The Labute approximate surface area is 348 Å². The first-order valence-corrected chi connectivity index (χ1v) is 17.7. The van der Waals surface area contributed by atoms with Crippen molar-refractivity contribution in [1.29, 1.82) is 0 Å². The van der Waals surface area contributed by atoms with E-state index in [1.165, 1.54) is 26.9 Å². The van der Waals surface area contributed by atoms with Gasteiger partial charge in [0.1, 0.15) is 24.2 Å². The summed E-state index contributed by atoms with van der Waals surface area (Å²) in [6.07, 6.45) is 5.51. The standard InChI is InChI=1S/2C18H14N4O3S.Ca.2H2O/c2*1-25-15-9-12(14-10-21-22-17(14)19-11-20-18(22)23)7-8-16(15)26(24)13-5-3-2-4-6-13;;;/h2*2-11H,1H3,(H,19,20,23);;2*1H2/q;;+2;;/p-2. The average Bonchev–Trinajstić information content (AvgIpc) is 3.84. The molecule has 0 bridgehead atoms. The third kappa shape index (κ3) is 8.65. The maximum atomic E-state index is 12.8. The quantitative estimate of drug-likeness (QED) is 0.200. The minimum Gasteiger partial charge on any atom is -0.844 e. The predicted octanol–water partition coefficient (Wildman–Crippen LogP) is 2.05. The molecule has 0 aliphatic heterocycles. The molecule has 4 heterocycles. The summed E-state index contributed by atoms with van der Waals surface area (Å²) < 4.78 is 38.8. The maximum Gasteiger partial charge on any atom is 2.00 e. The number of aromatic nitrogens is 8. The molecule has 0 fully saturated rings. The number of hydrogen-bond donors (Lipinski definition) is 0. The Morgan fingerprint density at radius 2 is 0.945 bits per heavy atom. The number of hydrogen-bond acceptors (Lipinski definition) is 12. The molecule has 0 saturated carbocycles. The van der Waals surface area contributed by atoms with Crippen LogP contribution in [0, 0.1) is 0 Å². The number of nitrogens with zero attached hydrogens (tertiary/aromatic N) is 8. The maximum absolute atomic E-state index is 12.8. The molecule has 8 aromatic rings. The zero-order valence-electron chi connectivity index (χ0n) is 29.1. The van der Waals surface area contributed by atoms with Crippen LogP contribution in [-0.4, -0.2) is 110 Å². The SMILES string of the molecule is COc1cc(-c2cnn3c([O-])ncnc23)ccc1S(=O)c1ccccc1.COc1cc(-c2cnn3c([O-])ncnc23)ccc1S(=O)c1ccccc1.O.O.[Ca+2]. The molecule has 4 N–H and O–H groups in total. The second kappa shape index (κ2) is 18.8. The molecule has 19 heteroatoms. The molecule has 0 radical (unpaired) electrons. The molecule has 4 aromatic heterocycles. The second-order valence-corrected chi connectivity index (χ2v) is 13.7. The molecule has 2 unspecified atom stereocenters. The van der Waals surface area contributed by atoms with Gasteiger partial charge in [-0.2, -0.15) is 10.2 Å². The van der Waals surface area contributed by atoms with Gasteiger partial charge in [-0.15, -0.1) is 0 Å². The molecular formula is C36H30CaN8O8S2. The van der Waals surface area contributed by atoms with Crippen LogP contribution >= 0.6 is 0 Å².